The minimum Gasteiger partial charge on any atom is -0.309 e. The Morgan fingerprint density at radius 2 is 1.02 bits per heavy atom. The smallest absolute Gasteiger partial charge is 0.164 e. The second-order valence-electron chi connectivity index (χ2n) is 11.9. The van der Waals surface area contributed by atoms with Crippen LogP contribution in [-0.2, 0) is 0 Å². The van der Waals surface area contributed by atoms with E-state index >= 15 is 0 Å². The molecule has 0 unspecified atom stereocenters. The van der Waals surface area contributed by atoms with Crippen molar-refractivity contribution in [2.45, 2.75) is 0 Å². The van der Waals surface area contributed by atoms with Gasteiger partial charge in [-0.05, 0) is 42.5 Å². The van der Waals surface area contributed by atoms with Gasteiger partial charge in [0, 0.05) is 47.6 Å². The maximum Gasteiger partial charge on any atom is 0.164 e. The molecule has 0 amide bonds. The molecule has 0 saturated heterocycles. The molecule has 216 valence electrons. The number of nitrogens with zero attached hydrogens (tertiary/aromatic N) is 4. The zero-order chi connectivity index (χ0) is 33.4. The van der Waals surface area contributed by atoms with Gasteiger partial charge in [0.15, 0.2) is 17.5 Å². The molecule has 10 heteroatoms. The summed E-state index contributed by atoms with van der Waals surface area (Å²) in [4.78, 5) is 14.7. The molecule has 0 saturated carbocycles. The monoisotopic (exact) mass is 630 g/mol. The first-order valence-corrected chi connectivity index (χ1v) is 16.5. The Bertz CT molecular complexity index is 2710. The van der Waals surface area contributed by atoms with Crippen LogP contribution in [0.1, 0.15) is 0 Å². The molecule has 0 aliphatic heterocycles. The van der Waals surface area contributed by atoms with Crippen molar-refractivity contribution in [1.29, 1.82) is 0 Å². The predicted octanol–water partition coefficient (Wildman–Crippen LogP) is 4.31. The number of hydrogen-bond donors (Lipinski definition) is 0. The molecule has 6 aromatic carbocycles. The van der Waals surface area contributed by atoms with Crippen LogP contribution in [0.25, 0.3) is 81.8 Å². The standard InChI is InChI=1S/C39H19B5N4S/c40-32-31(33(41)35(43)36(44)34(32)42)39-46-37(20-9-2-1-3-10-20)45-38(47-39)21-17-18-28-24(19-21)30-27(15-8-16-29(30)49-28)48-25-13-6-4-11-22(25)23-12-5-7-14-26(23)48/h1-19H. The molecule has 3 heterocycles. The average Bonchev–Trinajstić information content (AvgIpc) is 3.69. The maximum absolute atomic E-state index is 6.49. The fraction of sp³-hybridized carbons (Fsp3) is 0. The largest absolute Gasteiger partial charge is 0.309 e. The molecule has 0 N–H and O–H groups in total. The quantitative estimate of drug-likeness (QED) is 0.273. The molecular weight excluding hydrogens is 611 g/mol. The number of hydrogen-bond acceptors (Lipinski definition) is 4. The van der Waals surface area contributed by atoms with E-state index in [1.165, 1.54) is 15.5 Å². The maximum atomic E-state index is 6.49. The van der Waals surface area contributed by atoms with Crippen molar-refractivity contribution in [2.75, 3.05) is 0 Å². The molecule has 0 fully saturated rings. The van der Waals surface area contributed by atoms with E-state index in [-0.39, 0.29) is 33.1 Å². The molecular formula is C39H19B5N4S. The van der Waals surface area contributed by atoms with Crippen molar-refractivity contribution in [2.24, 2.45) is 0 Å². The van der Waals surface area contributed by atoms with Gasteiger partial charge in [0.1, 0.15) is 39.2 Å². The fourth-order valence-corrected chi connectivity index (χ4v) is 7.85. The van der Waals surface area contributed by atoms with Gasteiger partial charge in [-0.1, -0.05) is 83.7 Å². The van der Waals surface area contributed by atoms with Crippen LogP contribution in [0.15, 0.2) is 115 Å². The summed E-state index contributed by atoms with van der Waals surface area (Å²) >= 11 is 1.76. The zero-order valence-electron chi connectivity index (χ0n) is 26.1. The van der Waals surface area contributed by atoms with Gasteiger partial charge in [0.2, 0.25) is 0 Å². The van der Waals surface area contributed by atoms with E-state index < -0.39 is 0 Å². The lowest BCUT2D eigenvalue weighted by atomic mass is 9.60. The van der Waals surface area contributed by atoms with Crippen molar-refractivity contribution < 1.29 is 0 Å². The fourth-order valence-electron chi connectivity index (χ4n) is 6.74. The molecule has 3 aromatic heterocycles. The van der Waals surface area contributed by atoms with Gasteiger partial charge in [-0.15, -0.1) is 27.7 Å². The first-order chi connectivity index (χ1) is 23.9. The van der Waals surface area contributed by atoms with Gasteiger partial charge in [-0.2, -0.15) is 0 Å². The van der Waals surface area contributed by atoms with E-state index in [1.54, 1.807) is 11.3 Å². The Balaban J connectivity index is 1.31. The molecule has 49 heavy (non-hydrogen) atoms. The van der Waals surface area contributed by atoms with Crippen LogP contribution < -0.4 is 27.3 Å². The second kappa shape index (κ2) is 11.4. The third-order valence-electron chi connectivity index (χ3n) is 9.14. The molecule has 4 nitrogen and oxygen atoms in total. The number of benzene rings is 6. The normalized spacial score (nSPS) is 11.7. The summed E-state index contributed by atoms with van der Waals surface area (Å²) < 4.78 is 4.69. The Hall–Kier alpha value is -5.33. The van der Waals surface area contributed by atoms with E-state index in [0.29, 0.717) is 17.2 Å². The Kier molecular flexibility index (Phi) is 6.92. The molecule has 10 radical (unpaired) electrons. The highest BCUT2D eigenvalue weighted by molar-refractivity contribution is 7.25. The lowest BCUT2D eigenvalue weighted by molar-refractivity contribution is 1.08. The number of rotatable bonds is 4. The minimum absolute atomic E-state index is 0.130. The first-order valence-electron chi connectivity index (χ1n) is 15.7. The number of aromatic nitrogens is 4. The first kappa shape index (κ1) is 29.8. The van der Waals surface area contributed by atoms with Crippen molar-refractivity contribution >= 4 is 120 Å². The minimum atomic E-state index is 0.130. The van der Waals surface area contributed by atoms with E-state index in [0.717, 1.165) is 43.3 Å². The lowest BCUT2D eigenvalue weighted by Crippen LogP contribution is -2.55. The third kappa shape index (κ3) is 4.62. The van der Waals surface area contributed by atoms with Gasteiger partial charge < -0.3 is 4.57 Å². The summed E-state index contributed by atoms with van der Waals surface area (Å²) in [5.74, 6) is 1.15. The van der Waals surface area contributed by atoms with Crippen molar-refractivity contribution in [1.82, 2.24) is 19.5 Å². The SMILES string of the molecule is [B]c1c([B])c([B])c(-c2nc(-c3ccccc3)nc(-c3ccc4sc5cccc(-n6c7ccccc7c7ccccc76)c5c4c3)n2)c([B])c1[B]. The average molecular weight is 630 g/mol. The number of thiophene rings is 1. The molecule has 0 atom stereocenters. The third-order valence-corrected chi connectivity index (χ3v) is 10.3. The molecule has 9 rings (SSSR count). The highest BCUT2D eigenvalue weighted by Gasteiger charge is 2.20. The van der Waals surface area contributed by atoms with Crippen LogP contribution in [0.4, 0.5) is 0 Å². The molecule has 0 aliphatic rings. The molecule has 0 bridgehead atoms. The van der Waals surface area contributed by atoms with E-state index in [4.69, 9.17) is 54.2 Å². The summed E-state index contributed by atoms with van der Waals surface area (Å²) in [6.07, 6.45) is 0. The Morgan fingerprint density at radius 3 is 1.69 bits per heavy atom. The van der Waals surface area contributed by atoms with Crippen LogP contribution in [0, 0.1) is 0 Å². The van der Waals surface area contributed by atoms with Crippen LogP contribution in [0.3, 0.4) is 0 Å². The van der Waals surface area contributed by atoms with Gasteiger partial charge in [-0.25, -0.2) is 15.0 Å². The van der Waals surface area contributed by atoms with Gasteiger partial charge in [0.05, 0.1) is 16.7 Å². The molecule has 0 spiro atoms. The topological polar surface area (TPSA) is 43.6 Å². The van der Waals surface area contributed by atoms with E-state index in [1.807, 2.05) is 36.4 Å². The van der Waals surface area contributed by atoms with Crippen molar-refractivity contribution in [3.05, 3.63) is 115 Å². The van der Waals surface area contributed by atoms with E-state index in [2.05, 4.69) is 83.4 Å². The molecule has 9 aromatic rings. The zero-order valence-corrected chi connectivity index (χ0v) is 26.9. The van der Waals surface area contributed by atoms with Crippen LogP contribution in [-0.4, -0.2) is 58.8 Å². The highest BCUT2D eigenvalue weighted by Crippen LogP contribution is 2.42. The Labute approximate surface area is 293 Å². The number of para-hydroxylation sites is 2. The number of fused-ring (bicyclic) bond motifs is 6. The lowest BCUT2D eigenvalue weighted by Gasteiger charge is -2.20. The van der Waals surface area contributed by atoms with Crippen LogP contribution >= 0.6 is 11.3 Å². The van der Waals surface area contributed by atoms with Crippen molar-refractivity contribution in [3.63, 3.8) is 0 Å². The summed E-state index contributed by atoms with van der Waals surface area (Å²) in [5.41, 5.74) is 6.06. The van der Waals surface area contributed by atoms with Gasteiger partial charge >= 0.3 is 0 Å². The van der Waals surface area contributed by atoms with Crippen LogP contribution in [0.5, 0.6) is 0 Å². The summed E-state index contributed by atoms with van der Waals surface area (Å²) in [7, 11) is 31.6. The van der Waals surface area contributed by atoms with Gasteiger partial charge in [-0.3, -0.25) is 0 Å². The van der Waals surface area contributed by atoms with Crippen LogP contribution in [0.2, 0.25) is 0 Å². The summed E-state index contributed by atoms with van der Waals surface area (Å²) in [5, 5.41) is 4.67. The summed E-state index contributed by atoms with van der Waals surface area (Å²) in [6.45, 7) is 0. The van der Waals surface area contributed by atoms with Gasteiger partial charge in [0.25, 0.3) is 0 Å². The van der Waals surface area contributed by atoms with Crippen molar-refractivity contribution in [3.8, 4) is 39.9 Å². The van der Waals surface area contributed by atoms with E-state index in [9.17, 15) is 0 Å². The highest BCUT2D eigenvalue weighted by atomic mass is 32.1. The summed E-state index contributed by atoms with van der Waals surface area (Å²) in [6, 6.07) is 39.6. The molecule has 0 aliphatic carbocycles. The Morgan fingerprint density at radius 1 is 0.449 bits per heavy atom. The predicted molar refractivity (Wildman–Crippen MR) is 210 cm³/mol. The second-order valence-corrected chi connectivity index (χ2v) is 13.0.